The summed E-state index contributed by atoms with van der Waals surface area (Å²) in [5.41, 5.74) is 5.70. The molecule has 4 nitrogen and oxygen atoms in total. The first-order valence-corrected chi connectivity index (χ1v) is 4.22. The van der Waals surface area contributed by atoms with Crippen LogP contribution in [0.4, 0.5) is 5.69 Å². The van der Waals surface area contributed by atoms with Gasteiger partial charge in [-0.25, -0.2) is 8.42 Å². The molecule has 0 heterocycles. The van der Waals surface area contributed by atoms with Crippen molar-refractivity contribution in [2.45, 2.75) is 4.90 Å². The van der Waals surface area contributed by atoms with Crippen molar-refractivity contribution in [3.05, 3.63) is 24.3 Å². The third-order valence-corrected chi connectivity index (χ3v) is 2.02. The zero-order valence-electron chi connectivity index (χ0n) is 6.52. The van der Waals surface area contributed by atoms with E-state index in [2.05, 4.69) is 0 Å². The molecule has 0 aliphatic heterocycles. The quantitative estimate of drug-likeness (QED) is 0.448. The van der Waals surface area contributed by atoms with Crippen LogP contribution in [0.2, 0.25) is 0 Å². The van der Waals surface area contributed by atoms with Crippen LogP contribution in [-0.2, 0) is 10.1 Å². The molecule has 0 aliphatic carbocycles. The summed E-state index contributed by atoms with van der Waals surface area (Å²) in [7, 11) is -4.33. The zero-order valence-corrected chi connectivity index (χ0v) is 13.6. The monoisotopic (exact) mass is 305 g/mol. The number of anilines is 1. The Kier molecular flexibility index (Phi) is 5.42. The van der Waals surface area contributed by atoms with Crippen LogP contribution in [0.15, 0.2) is 29.2 Å². The van der Waals surface area contributed by atoms with E-state index in [9.17, 15) is 13.0 Å². The van der Waals surface area contributed by atoms with Crippen LogP contribution >= 0.6 is 0 Å². The van der Waals surface area contributed by atoms with Crippen molar-refractivity contribution in [3.63, 3.8) is 0 Å². The Labute approximate surface area is 130 Å². The molecule has 0 atom stereocenters. The second-order valence-corrected chi connectivity index (χ2v) is 3.40. The standard InChI is InChI=1S/C6H7NO3S.Cs/c7-5-1-3-6(4-2-5)11(8,9)10;/h1-4H,7H2,(H,8,9,10);/q;+1/p-1. The molecule has 0 bridgehead atoms. The average molecular weight is 305 g/mol. The molecular weight excluding hydrogens is 299 g/mol. The largest absolute Gasteiger partial charge is 1.00 e. The van der Waals surface area contributed by atoms with Gasteiger partial charge in [-0.05, 0) is 24.3 Å². The van der Waals surface area contributed by atoms with Gasteiger partial charge in [0.15, 0.2) is 0 Å². The van der Waals surface area contributed by atoms with E-state index in [1.54, 1.807) is 0 Å². The van der Waals surface area contributed by atoms with E-state index in [0.29, 0.717) is 5.69 Å². The molecule has 6 heteroatoms. The van der Waals surface area contributed by atoms with Crippen molar-refractivity contribution in [1.29, 1.82) is 0 Å². The van der Waals surface area contributed by atoms with Gasteiger partial charge >= 0.3 is 68.9 Å². The van der Waals surface area contributed by atoms with Crippen LogP contribution in [0.5, 0.6) is 0 Å². The fourth-order valence-electron chi connectivity index (χ4n) is 0.634. The second kappa shape index (κ2) is 5.01. The summed E-state index contributed by atoms with van der Waals surface area (Å²) in [6.45, 7) is 0. The number of benzene rings is 1. The van der Waals surface area contributed by atoms with E-state index in [1.807, 2.05) is 0 Å². The van der Waals surface area contributed by atoms with E-state index in [1.165, 1.54) is 24.3 Å². The summed E-state index contributed by atoms with van der Waals surface area (Å²) >= 11 is 0. The van der Waals surface area contributed by atoms with Crippen LogP contribution in [0, 0.1) is 0 Å². The zero-order chi connectivity index (χ0) is 8.48. The number of nitrogen functional groups attached to an aromatic ring is 1. The second-order valence-electron chi connectivity index (χ2n) is 2.02. The van der Waals surface area contributed by atoms with Crippen molar-refractivity contribution in [2.24, 2.45) is 0 Å². The number of nitrogens with two attached hydrogens (primary N) is 1. The smallest absolute Gasteiger partial charge is 0.744 e. The summed E-state index contributed by atoms with van der Waals surface area (Å²) in [6, 6.07) is 5.09. The summed E-state index contributed by atoms with van der Waals surface area (Å²) in [4.78, 5) is -0.258. The first-order valence-electron chi connectivity index (χ1n) is 2.81. The van der Waals surface area contributed by atoms with Crippen molar-refractivity contribution in [1.82, 2.24) is 0 Å². The Morgan fingerprint density at radius 2 is 1.58 bits per heavy atom. The van der Waals surface area contributed by atoms with Gasteiger partial charge in [0.1, 0.15) is 10.1 Å². The first-order chi connectivity index (χ1) is 5.00. The molecule has 0 amide bonds. The molecule has 1 rings (SSSR count). The molecule has 0 unspecified atom stereocenters. The SMILES string of the molecule is Nc1ccc(S(=O)(=O)[O-])cc1.[Cs+]. The van der Waals surface area contributed by atoms with E-state index >= 15 is 0 Å². The third kappa shape index (κ3) is 3.79. The molecule has 0 saturated carbocycles. The van der Waals surface area contributed by atoms with Crippen molar-refractivity contribution < 1.29 is 81.9 Å². The van der Waals surface area contributed by atoms with Gasteiger partial charge in [0, 0.05) is 5.69 Å². The topological polar surface area (TPSA) is 83.2 Å². The summed E-state index contributed by atoms with van der Waals surface area (Å²) in [5, 5.41) is 0. The molecule has 2 N–H and O–H groups in total. The molecule has 0 saturated heterocycles. The van der Waals surface area contributed by atoms with Crippen LogP contribution < -0.4 is 74.6 Å². The van der Waals surface area contributed by atoms with Gasteiger partial charge in [-0.1, -0.05) is 0 Å². The van der Waals surface area contributed by atoms with Crippen LogP contribution in [0.3, 0.4) is 0 Å². The molecule has 1 aromatic rings. The van der Waals surface area contributed by atoms with Crippen molar-refractivity contribution in [2.75, 3.05) is 5.73 Å². The maximum Gasteiger partial charge on any atom is 1.00 e. The first kappa shape index (κ1) is 13.0. The van der Waals surface area contributed by atoms with Crippen LogP contribution in [0.1, 0.15) is 0 Å². The maximum absolute atomic E-state index is 10.3. The maximum atomic E-state index is 10.3. The van der Waals surface area contributed by atoms with Gasteiger partial charge in [-0.15, -0.1) is 0 Å². The number of hydrogen-bond acceptors (Lipinski definition) is 4. The molecule has 0 radical (unpaired) electrons. The Balaban J connectivity index is 0.00000121. The predicted molar refractivity (Wildman–Crippen MR) is 38.8 cm³/mol. The molecule has 60 valence electrons. The minimum Gasteiger partial charge on any atom is -0.744 e. The van der Waals surface area contributed by atoms with Gasteiger partial charge in [0.2, 0.25) is 0 Å². The van der Waals surface area contributed by atoms with Gasteiger partial charge in [-0.3, -0.25) is 0 Å². The molecule has 1 aromatic carbocycles. The van der Waals surface area contributed by atoms with Gasteiger partial charge in [0.05, 0.1) is 4.90 Å². The van der Waals surface area contributed by atoms with Gasteiger partial charge in [0.25, 0.3) is 0 Å². The van der Waals surface area contributed by atoms with Gasteiger partial charge in [-0.2, -0.15) is 0 Å². The van der Waals surface area contributed by atoms with E-state index in [-0.39, 0.29) is 73.8 Å². The Morgan fingerprint density at radius 3 is 1.92 bits per heavy atom. The fourth-order valence-corrected chi connectivity index (χ4v) is 1.10. The van der Waals surface area contributed by atoms with Crippen LogP contribution in [-0.4, -0.2) is 13.0 Å². The molecule has 12 heavy (non-hydrogen) atoms. The van der Waals surface area contributed by atoms with Gasteiger partial charge < -0.3 is 10.3 Å². The minimum absolute atomic E-state index is 0. The van der Waals surface area contributed by atoms with E-state index < -0.39 is 10.1 Å². The number of rotatable bonds is 1. The summed E-state index contributed by atoms with van der Waals surface area (Å²) in [5.74, 6) is 0. The summed E-state index contributed by atoms with van der Waals surface area (Å²) in [6.07, 6.45) is 0. The molecular formula is C6H6CsNO3S. The van der Waals surface area contributed by atoms with Crippen molar-refractivity contribution >= 4 is 15.8 Å². The molecule has 0 aliphatic rings. The Bertz CT molecular complexity index is 346. The average Bonchev–Trinajstić information content (AvgIpc) is 1.86. The van der Waals surface area contributed by atoms with E-state index in [4.69, 9.17) is 5.73 Å². The molecule has 0 aromatic heterocycles. The minimum atomic E-state index is -4.33. The molecule has 0 fully saturated rings. The summed E-state index contributed by atoms with van der Waals surface area (Å²) < 4.78 is 31.0. The van der Waals surface area contributed by atoms with E-state index in [0.717, 1.165) is 0 Å². The third-order valence-electron chi connectivity index (χ3n) is 1.17. The number of hydrogen-bond donors (Lipinski definition) is 1. The van der Waals surface area contributed by atoms with Crippen molar-refractivity contribution in [3.8, 4) is 0 Å². The fraction of sp³-hybridized carbons (Fsp3) is 0. The Morgan fingerprint density at radius 1 is 1.17 bits per heavy atom. The Hall–Kier alpha value is 0.982. The van der Waals surface area contributed by atoms with Crippen LogP contribution in [0.25, 0.3) is 0 Å². The molecule has 0 spiro atoms. The normalized spacial score (nSPS) is 10.4. The predicted octanol–water partition coefficient (Wildman–Crippen LogP) is -2.82.